The van der Waals surface area contributed by atoms with Crippen LogP contribution in [0.15, 0.2) is 6.07 Å². The first kappa shape index (κ1) is 13.1. The lowest BCUT2D eigenvalue weighted by atomic mass is 9.89. The average Bonchev–Trinajstić information content (AvgIpc) is 2.41. The Hall–Kier alpha value is -1.32. The van der Waals surface area contributed by atoms with E-state index in [1.165, 1.54) is 6.42 Å². The molecular formula is C14H24N4. The molecule has 1 saturated heterocycles. The van der Waals surface area contributed by atoms with Crippen LogP contribution in [0.2, 0.25) is 0 Å². The van der Waals surface area contributed by atoms with Crippen LogP contribution in [0, 0.1) is 11.8 Å². The van der Waals surface area contributed by atoms with Gasteiger partial charge < -0.3 is 10.2 Å². The van der Waals surface area contributed by atoms with Gasteiger partial charge >= 0.3 is 0 Å². The number of piperidine rings is 1. The molecule has 0 bridgehead atoms. The molecule has 0 aromatic carbocycles. The fourth-order valence-electron chi connectivity index (χ4n) is 2.40. The summed E-state index contributed by atoms with van der Waals surface area (Å²) in [6.07, 6.45) is 2.13. The molecule has 100 valence electrons. The smallest absolute Gasteiger partial charge is 0.134 e. The summed E-state index contributed by atoms with van der Waals surface area (Å²) >= 11 is 0. The van der Waals surface area contributed by atoms with Crippen LogP contribution in [0.4, 0.5) is 11.6 Å². The molecule has 0 radical (unpaired) electrons. The first-order chi connectivity index (χ1) is 8.63. The standard InChI is InChI=1S/C14H24N4/c1-5-12-16-13(15-4)8-14(17-12)18-7-6-10(2)11(3)9-18/h8,10-11H,5-7,9H2,1-4H3,(H,15,16,17). The summed E-state index contributed by atoms with van der Waals surface area (Å²) in [5.74, 6) is 4.46. The van der Waals surface area contributed by atoms with E-state index in [4.69, 9.17) is 0 Å². The summed E-state index contributed by atoms with van der Waals surface area (Å²) in [6, 6.07) is 2.06. The van der Waals surface area contributed by atoms with Crippen molar-refractivity contribution in [2.75, 3.05) is 30.4 Å². The maximum Gasteiger partial charge on any atom is 0.134 e. The normalized spacial score (nSPS) is 24.1. The van der Waals surface area contributed by atoms with Crippen molar-refractivity contribution in [2.45, 2.75) is 33.6 Å². The number of hydrogen-bond acceptors (Lipinski definition) is 4. The average molecular weight is 248 g/mol. The van der Waals surface area contributed by atoms with Gasteiger partial charge in [-0.1, -0.05) is 20.8 Å². The Morgan fingerprint density at radius 3 is 2.72 bits per heavy atom. The van der Waals surface area contributed by atoms with Gasteiger partial charge in [0, 0.05) is 32.6 Å². The van der Waals surface area contributed by atoms with Crippen molar-refractivity contribution < 1.29 is 0 Å². The van der Waals surface area contributed by atoms with Gasteiger partial charge in [0.1, 0.15) is 17.5 Å². The Labute approximate surface area is 110 Å². The van der Waals surface area contributed by atoms with E-state index in [9.17, 15) is 0 Å². The summed E-state index contributed by atoms with van der Waals surface area (Å²) in [7, 11) is 1.91. The number of aromatic nitrogens is 2. The fraction of sp³-hybridized carbons (Fsp3) is 0.714. The Bertz CT molecular complexity index is 383. The Balaban J connectivity index is 2.22. The van der Waals surface area contributed by atoms with Gasteiger partial charge in [-0.25, -0.2) is 9.97 Å². The first-order valence-electron chi connectivity index (χ1n) is 6.94. The summed E-state index contributed by atoms with van der Waals surface area (Å²) in [5, 5.41) is 3.12. The van der Waals surface area contributed by atoms with E-state index >= 15 is 0 Å². The number of nitrogens with one attached hydrogen (secondary N) is 1. The highest BCUT2D eigenvalue weighted by molar-refractivity contribution is 5.49. The van der Waals surface area contributed by atoms with Gasteiger partial charge in [-0.2, -0.15) is 0 Å². The number of anilines is 2. The second-order valence-corrected chi connectivity index (χ2v) is 5.32. The number of nitrogens with zero attached hydrogens (tertiary/aromatic N) is 3. The lowest BCUT2D eigenvalue weighted by molar-refractivity contribution is 0.322. The maximum atomic E-state index is 4.66. The van der Waals surface area contributed by atoms with Crippen LogP contribution in [-0.4, -0.2) is 30.1 Å². The van der Waals surface area contributed by atoms with Crippen LogP contribution in [0.3, 0.4) is 0 Å². The van der Waals surface area contributed by atoms with Crippen LogP contribution in [0.25, 0.3) is 0 Å². The zero-order chi connectivity index (χ0) is 13.1. The summed E-state index contributed by atoms with van der Waals surface area (Å²) in [6.45, 7) is 8.98. The molecule has 1 aromatic rings. The van der Waals surface area contributed by atoms with Crippen molar-refractivity contribution in [3.63, 3.8) is 0 Å². The molecule has 1 aliphatic heterocycles. The molecule has 0 saturated carbocycles. The van der Waals surface area contributed by atoms with Gasteiger partial charge in [0.25, 0.3) is 0 Å². The van der Waals surface area contributed by atoms with E-state index in [0.29, 0.717) is 0 Å². The number of hydrogen-bond donors (Lipinski definition) is 1. The van der Waals surface area contributed by atoms with E-state index in [2.05, 4.69) is 47.0 Å². The van der Waals surface area contributed by atoms with E-state index < -0.39 is 0 Å². The topological polar surface area (TPSA) is 41.1 Å². The Morgan fingerprint density at radius 1 is 1.33 bits per heavy atom. The number of rotatable bonds is 3. The second kappa shape index (κ2) is 5.55. The summed E-state index contributed by atoms with van der Waals surface area (Å²) in [4.78, 5) is 11.5. The zero-order valence-electron chi connectivity index (χ0n) is 11.9. The molecule has 1 aliphatic rings. The molecule has 18 heavy (non-hydrogen) atoms. The van der Waals surface area contributed by atoms with E-state index in [-0.39, 0.29) is 0 Å². The highest BCUT2D eigenvalue weighted by Crippen LogP contribution is 2.26. The lowest BCUT2D eigenvalue weighted by Crippen LogP contribution is -2.39. The molecule has 2 unspecified atom stereocenters. The molecular weight excluding hydrogens is 224 g/mol. The van der Waals surface area contributed by atoms with E-state index in [1.807, 2.05) is 7.05 Å². The molecule has 0 amide bonds. The largest absolute Gasteiger partial charge is 0.373 e. The monoisotopic (exact) mass is 248 g/mol. The van der Waals surface area contributed by atoms with Crippen LogP contribution in [-0.2, 0) is 6.42 Å². The predicted octanol–water partition coefficient (Wildman–Crippen LogP) is 2.56. The van der Waals surface area contributed by atoms with Crippen molar-refractivity contribution in [2.24, 2.45) is 11.8 Å². The Morgan fingerprint density at radius 2 is 2.11 bits per heavy atom. The van der Waals surface area contributed by atoms with E-state index in [0.717, 1.165) is 48.8 Å². The highest BCUT2D eigenvalue weighted by atomic mass is 15.2. The minimum Gasteiger partial charge on any atom is -0.373 e. The third kappa shape index (κ3) is 2.74. The van der Waals surface area contributed by atoms with E-state index in [1.54, 1.807) is 0 Å². The lowest BCUT2D eigenvalue weighted by Gasteiger charge is -2.36. The maximum absolute atomic E-state index is 4.66. The van der Waals surface area contributed by atoms with Gasteiger partial charge in [-0.15, -0.1) is 0 Å². The van der Waals surface area contributed by atoms with Crippen LogP contribution < -0.4 is 10.2 Å². The SMILES string of the molecule is CCc1nc(NC)cc(N2CCC(C)C(C)C2)n1. The van der Waals surface area contributed by atoms with Crippen LogP contribution >= 0.6 is 0 Å². The molecule has 0 spiro atoms. The van der Waals surface area contributed by atoms with Gasteiger partial charge in [0.05, 0.1) is 0 Å². The molecule has 2 atom stereocenters. The highest BCUT2D eigenvalue weighted by Gasteiger charge is 2.24. The van der Waals surface area contributed by atoms with Crippen molar-refractivity contribution >= 4 is 11.6 Å². The zero-order valence-corrected chi connectivity index (χ0v) is 11.9. The molecule has 2 rings (SSSR count). The molecule has 1 aromatic heterocycles. The fourth-order valence-corrected chi connectivity index (χ4v) is 2.40. The van der Waals surface area contributed by atoms with Crippen molar-refractivity contribution in [3.05, 3.63) is 11.9 Å². The quantitative estimate of drug-likeness (QED) is 0.892. The molecule has 4 heteroatoms. The molecule has 0 aliphatic carbocycles. The first-order valence-corrected chi connectivity index (χ1v) is 6.94. The van der Waals surface area contributed by atoms with Gasteiger partial charge in [-0.3, -0.25) is 0 Å². The third-order valence-corrected chi connectivity index (χ3v) is 3.99. The second-order valence-electron chi connectivity index (χ2n) is 5.32. The van der Waals surface area contributed by atoms with Gasteiger partial charge in [0.2, 0.25) is 0 Å². The van der Waals surface area contributed by atoms with Gasteiger partial charge in [-0.05, 0) is 18.3 Å². The van der Waals surface area contributed by atoms with Crippen molar-refractivity contribution in [3.8, 4) is 0 Å². The summed E-state index contributed by atoms with van der Waals surface area (Å²) < 4.78 is 0. The Kier molecular flexibility index (Phi) is 4.04. The molecule has 1 N–H and O–H groups in total. The molecule has 1 fully saturated rings. The minimum atomic E-state index is 0.733. The number of aryl methyl sites for hydroxylation is 1. The van der Waals surface area contributed by atoms with Crippen LogP contribution in [0.5, 0.6) is 0 Å². The van der Waals surface area contributed by atoms with Gasteiger partial charge in [0.15, 0.2) is 0 Å². The molecule has 4 nitrogen and oxygen atoms in total. The van der Waals surface area contributed by atoms with Crippen molar-refractivity contribution in [1.29, 1.82) is 0 Å². The van der Waals surface area contributed by atoms with Crippen molar-refractivity contribution in [1.82, 2.24) is 9.97 Å². The predicted molar refractivity (Wildman–Crippen MR) is 76.1 cm³/mol. The third-order valence-electron chi connectivity index (χ3n) is 3.99. The molecule has 2 heterocycles. The summed E-state index contributed by atoms with van der Waals surface area (Å²) in [5.41, 5.74) is 0. The minimum absolute atomic E-state index is 0.733. The van der Waals surface area contributed by atoms with Crippen LogP contribution in [0.1, 0.15) is 33.0 Å².